The number of sulfonamides is 1. The van der Waals surface area contributed by atoms with Crippen LogP contribution in [0.1, 0.15) is 11.1 Å². The predicted octanol–water partition coefficient (Wildman–Crippen LogP) is 0.133. The standard InChI is InChI=1S/C13H18N2O3S/c14-12-7-10-1-2-13(9-11(10)8-12)19(16,17)15-3-5-18-6-4-15/h1-2,9,12H,3-8,14H2/t12-/m1/s1. The van der Waals surface area contributed by atoms with Gasteiger partial charge < -0.3 is 10.5 Å². The van der Waals surface area contributed by atoms with E-state index < -0.39 is 10.0 Å². The van der Waals surface area contributed by atoms with Crippen molar-refractivity contribution in [3.05, 3.63) is 29.3 Å². The average Bonchev–Trinajstić information content (AvgIpc) is 2.78. The second-order valence-corrected chi connectivity index (χ2v) is 7.05. The molecule has 5 nitrogen and oxygen atoms in total. The van der Waals surface area contributed by atoms with Crippen LogP contribution in [-0.4, -0.2) is 45.1 Å². The molecule has 19 heavy (non-hydrogen) atoms. The van der Waals surface area contributed by atoms with Gasteiger partial charge in [0.2, 0.25) is 10.0 Å². The number of nitrogens with zero attached hydrogens (tertiary/aromatic N) is 1. The van der Waals surface area contributed by atoms with E-state index in [1.165, 1.54) is 9.87 Å². The quantitative estimate of drug-likeness (QED) is 0.837. The van der Waals surface area contributed by atoms with Gasteiger partial charge in [0.05, 0.1) is 18.1 Å². The van der Waals surface area contributed by atoms with Gasteiger partial charge in [0, 0.05) is 19.1 Å². The summed E-state index contributed by atoms with van der Waals surface area (Å²) in [4.78, 5) is 0.377. The number of benzene rings is 1. The first-order chi connectivity index (χ1) is 9.07. The zero-order valence-corrected chi connectivity index (χ0v) is 11.5. The molecule has 0 aromatic heterocycles. The molecule has 1 aliphatic heterocycles. The number of hydrogen-bond acceptors (Lipinski definition) is 4. The van der Waals surface area contributed by atoms with Gasteiger partial charge in [-0.15, -0.1) is 0 Å². The molecule has 0 saturated carbocycles. The fourth-order valence-electron chi connectivity index (χ4n) is 2.73. The van der Waals surface area contributed by atoms with Gasteiger partial charge in [-0.3, -0.25) is 0 Å². The van der Waals surface area contributed by atoms with Crippen molar-refractivity contribution in [3.63, 3.8) is 0 Å². The summed E-state index contributed by atoms with van der Waals surface area (Å²) in [6.45, 7) is 1.79. The summed E-state index contributed by atoms with van der Waals surface area (Å²) in [5.41, 5.74) is 8.16. The summed E-state index contributed by atoms with van der Waals surface area (Å²) in [7, 11) is -3.39. The third kappa shape index (κ3) is 2.41. The molecule has 0 spiro atoms. The van der Waals surface area contributed by atoms with Crippen molar-refractivity contribution >= 4 is 10.0 Å². The zero-order valence-electron chi connectivity index (χ0n) is 10.7. The van der Waals surface area contributed by atoms with Gasteiger partial charge >= 0.3 is 0 Å². The first-order valence-electron chi connectivity index (χ1n) is 6.52. The van der Waals surface area contributed by atoms with Crippen molar-refractivity contribution in [3.8, 4) is 0 Å². The highest BCUT2D eigenvalue weighted by atomic mass is 32.2. The van der Waals surface area contributed by atoms with Crippen LogP contribution in [0.3, 0.4) is 0 Å². The fraction of sp³-hybridized carbons (Fsp3) is 0.538. The lowest BCUT2D eigenvalue weighted by molar-refractivity contribution is 0.0730. The molecule has 2 N–H and O–H groups in total. The monoisotopic (exact) mass is 282 g/mol. The number of rotatable bonds is 2. The van der Waals surface area contributed by atoms with Crippen LogP contribution in [-0.2, 0) is 27.6 Å². The Balaban J connectivity index is 1.91. The lowest BCUT2D eigenvalue weighted by Gasteiger charge is -2.26. The summed E-state index contributed by atoms with van der Waals surface area (Å²) >= 11 is 0. The molecule has 0 radical (unpaired) electrons. The Hall–Kier alpha value is -0.950. The lowest BCUT2D eigenvalue weighted by Crippen LogP contribution is -2.40. The maximum atomic E-state index is 12.5. The molecule has 1 fully saturated rings. The lowest BCUT2D eigenvalue weighted by atomic mass is 10.1. The highest BCUT2D eigenvalue weighted by molar-refractivity contribution is 7.89. The van der Waals surface area contributed by atoms with E-state index in [1.807, 2.05) is 6.07 Å². The van der Waals surface area contributed by atoms with Gasteiger partial charge in [-0.05, 0) is 36.1 Å². The van der Waals surface area contributed by atoms with Gasteiger partial charge in [0.25, 0.3) is 0 Å². The van der Waals surface area contributed by atoms with Crippen molar-refractivity contribution in [1.82, 2.24) is 4.31 Å². The van der Waals surface area contributed by atoms with Crippen LogP contribution in [0.5, 0.6) is 0 Å². The Morgan fingerprint density at radius 3 is 2.58 bits per heavy atom. The zero-order chi connectivity index (χ0) is 13.5. The Kier molecular flexibility index (Phi) is 3.34. The molecule has 1 aliphatic carbocycles. The molecule has 3 rings (SSSR count). The van der Waals surface area contributed by atoms with Crippen molar-refractivity contribution in [2.24, 2.45) is 5.73 Å². The van der Waals surface area contributed by atoms with E-state index in [0.29, 0.717) is 31.2 Å². The summed E-state index contributed by atoms with van der Waals surface area (Å²) in [6, 6.07) is 5.50. The van der Waals surface area contributed by atoms with E-state index in [1.54, 1.807) is 12.1 Å². The van der Waals surface area contributed by atoms with E-state index >= 15 is 0 Å². The molecule has 6 heteroatoms. The SMILES string of the molecule is N[C@@H]1Cc2ccc(S(=O)(=O)N3CCOCC3)cc2C1. The maximum absolute atomic E-state index is 12.5. The van der Waals surface area contributed by atoms with Crippen molar-refractivity contribution in [2.75, 3.05) is 26.3 Å². The number of ether oxygens (including phenoxy) is 1. The third-order valence-corrected chi connectivity index (χ3v) is 5.64. The van der Waals surface area contributed by atoms with Crippen LogP contribution in [0.2, 0.25) is 0 Å². The van der Waals surface area contributed by atoms with Crippen LogP contribution >= 0.6 is 0 Å². The summed E-state index contributed by atoms with van der Waals surface area (Å²) in [5, 5.41) is 0. The van der Waals surface area contributed by atoms with Gasteiger partial charge in [0.15, 0.2) is 0 Å². The van der Waals surface area contributed by atoms with Crippen LogP contribution < -0.4 is 5.73 Å². The van der Waals surface area contributed by atoms with Crippen LogP contribution in [0.15, 0.2) is 23.1 Å². The second kappa shape index (κ2) is 4.86. The van der Waals surface area contributed by atoms with E-state index in [4.69, 9.17) is 10.5 Å². The molecule has 104 valence electrons. The first kappa shape index (κ1) is 13.1. The highest BCUT2D eigenvalue weighted by Crippen LogP contribution is 2.26. The number of nitrogens with two attached hydrogens (primary N) is 1. The third-order valence-electron chi connectivity index (χ3n) is 3.75. The van der Waals surface area contributed by atoms with Gasteiger partial charge in [0.1, 0.15) is 0 Å². The molecular weight excluding hydrogens is 264 g/mol. The summed E-state index contributed by atoms with van der Waals surface area (Å²) in [6.07, 6.45) is 1.61. The molecule has 1 aromatic rings. The number of morpholine rings is 1. The minimum atomic E-state index is -3.39. The molecule has 1 atom stereocenters. The molecule has 0 bridgehead atoms. The minimum Gasteiger partial charge on any atom is -0.379 e. The van der Waals surface area contributed by atoms with Crippen LogP contribution in [0.25, 0.3) is 0 Å². The molecule has 1 aromatic carbocycles. The number of hydrogen-bond donors (Lipinski definition) is 1. The Labute approximate surface area is 113 Å². The van der Waals surface area contributed by atoms with E-state index in [-0.39, 0.29) is 6.04 Å². The second-order valence-electron chi connectivity index (χ2n) is 5.12. The molecule has 0 unspecified atom stereocenters. The Morgan fingerprint density at radius 1 is 1.16 bits per heavy atom. The Bertz CT molecular complexity index is 580. The van der Waals surface area contributed by atoms with Gasteiger partial charge in [-0.1, -0.05) is 6.07 Å². The van der Waals surface area contributed by atoms with Crippen LogP contribution in [0.4, 0.5) is 0 Å². The number of fused-ring (bicyclic) bond motifs is 1. The molecule has 0 amide bonds. The normalized spacial score (nSPS) is 24.4. The fourth-order valence-corrected chi connectivity index (χ4v) is 4.18. The largest absolute Gasteiger partial charge is 0.379 e. The highest BCUT2D eigenvalue weighted by Gasteiger charge is 2.28. The van der Waals surface area contributed by atoms with Crippen molar-refractivity contribution < 1.29 is 13.2 Å². The molecule has 1 heterocycles. The predicted molar refractivity (Wildman–Crippen MR) is 71.4 cm³/mol. The van der Waals surface area contributed by atoms with E-state index in [0.717, 1.165) is 18.4 Å². The van der Waals surface area contributed by atoms with E-state index in [9.17, 15) is 8.42 Å². The van der Waals surface area contributed by atoms with Gasteiger partial charge in [-0.2, -0.15) is 4.31 Å². The summed E-state index contributed by atoms with van der Waals surface area (Å²) in [5.74, 6) is 0. The molecular formula is C13H18N2O3S. The smallest absolute Gasteiger partial charge is 0.243 e. The minimum absolute atomic E-state index is 0.122. The Morgan fingerprint density at radius 2 is 1.84 bits per heavy atom. The van der Waals surface area contributed by atoms with Crippen LogP contribution in [0, 0.1) is 0 Å². The van der Waals surface area contributed by atoms with Gasteiger partial charge in [-0.25, -0.2) is 8.42 Å². The maximum Gasteiger partial charge on any atom is 0.243 e. The van der Waals surface area contributed by atoms with E-state index in [2.05, 4.69) is 0 Å². The summed E-state index contributed by atoms with van der Waals surface area (Å²) < 4.78 is 31.7. The molecule has 1 saturated heterocycles. The molecule has 2 aliphatic rings. The topological polar surface area (TPSA) is 72.6 Å². The first-order valence-corrected chi connectivity index (χ1v) is 7.96. The van der Waals surface area contributed by atoms with Crippen molar-refractivity contribution in [2.45, 2.75) is 23.8 Å². The van der Waals surface area contributed by atoms with Crippen molar-refractivity contribution in [1.29, 1.82) is 0 Å². The average molecular weight is 282 g/mol.